The summed E-state index contributed by atoms with van der Waals surface area (Å²) in [5.41, 5.74) is 5.22. The number of anilines is 1. The van der Waals surface area contributed by atoms with E-state index >= 15 is 0 Å². The molecule has 2 aromatic carbocycles. The van der Waals surface area contributed by atoms with Crippen LogP contribution in [-0.4, -0.2) is 26.9 Å². The number of carbonyl (C=O) groups excluding carboxylic acids is 1. The largest absolute Gasteiger partial charge is 0.330 e. The molecule has 1 aromatic heterocycles. The van der Waals surface area contributed by atoms with Crippen molar-refractivity contribution in [1.29, 1.82) is 0 Å². The molecule has 150 valence electrons. The first-order valence-corrected chi connectivity index (χ1v) is 10.2. The molecular weight excluding hydrogens is 360 g/mol. The first kappa shape index (κ1) is 19.4. The van der Waals surface area contributed by atoms with Crippen LogP contribution in [0.5, 0.6) is 0 Å². The Morgan fingerprint density at radius 2 is 1.97 bits per heavy atom. The smallest absolute Gasteiger partial charge is 0.247 e. The molecule has 1 aliphatic heterocycles. The zero-order valence-corrected chi connectivity index (χ0v) is 17.3. The lowest BCUT2D eigenvalue weighted by Crippen LogP contribution is -2.42. The second kappa shape index (κ2) is 8.21. The maximum Gasteiger partial charge on any atom is 0.247 e. The molecule has 0 radical (unpaired) electrons. The molecule has 1 N–H and O–H groups in total. The van der Waals surface area contributed by atoms with Crippen molar-refractivity contribution in [2.75, 3.05) is 11.9 Å². The monoisotopic (exact) mass is 388 g/mol. The minimum absolute atomic E-state index is 0.00474. The number of hydrogen-bond acceptors (Lipinski definition) is 3. The molecule has 3 aromatic rings. The van der Waals surface area contributed by atoms with E-state index in [1.54, 1.807) is 0 Å². The summed E-state index contributed by atoms with van der Waals surface area (Å²) in [5, 5.41) is 3.14. The van der Waals surface area contributed by atoms with Crippen LogP contribution in [0.3, 0.4) is 0 Å². The molecule has 5 heteroatoms. The molecule has 4 rings (SSSR count). The Bertz CT molecular complexity index is 993. The van der Waals surface area contributed by atoms with Gasteiger partial charge in [-0.15, -0.1) is 0 Å². The van der Waals surface area contributed by atoms with Crippen LogP contribution in [-0.2, 0) is 17.8 Å². The number of nitrogens with one attached hydrogen (secondary N) is 1. The van der Waals surface area contributed by atoms with Gasteiger partial charge >= 0.3 is 0 Å². The van der Waals surface area contributed by atoms with Crippen LogP contribution < -0.4 is 5.32 Å². The average molecular weight is 389 g/mol. The minimum atomic E-state index is -0.371. The third-order valence-electron chi connectivity index (χ3n) is 5.49. The van der Waals surface area contributed by atoms with Gasteiger partial charge in [-0.2, -0.15) is 0 Å². The summed E-state index contributed by atoms with van der Waals surface area (Å²) in [4.78, 5) is 20.4. The fraction of sp³-hybridized carbons (Fsp3) is 0.333. The molecule has 0 fully saturated rings. The highest BCUT2D eigenvalue weighted by molar-refractivity contribution is 5.95. The van der Waals surface area contributed by atoms with E-state index in [4.69, 9.17) is 0 Å². The minimum Gasteiger partial charge on any atom is -0.330 e. The number of nitrogens with zero attached hydrogens (tertiary/aromatic N) is 3. The molecular formula is C24H28N4O. The highest BCUT2D eigenvalue weighted by Crippen LogP contribution is 2.33. The predicted octanol–water partition coefficient (Wildman–Crippen LogP) is 4.51. The number of aryl methyl sites for hydroxylation is 1. The Kier molecular flexibility index (Phi) is 5.49. The summed E-state index contributed by atoms with van der Waals surface area (Å²) in [5.74, 6) is -0.00474. The van der Waals surface area contributed by atoms with Gasteiger partial charge in [0.2, 0.25) is 5.91 Å². The highest BCUT2D eigenvalue weighted by Gasteiger charge is 2.37. The molecule has 1 aliphatic rings. The van der Waals surface area contributed by atoms with Crippen molar-refractivity contribution < 1.29 is 4.79 Å². The maximum atomic E-state index is 13.5. The van der Waals surface area contributed by atoms with Gasteiger partial charge in [0.1, 0.15) is 6.04 Å². The summed E-state index contributed by atoms with van der Waals surface area (Å²) in [7, 11) is 0. The van der Waals surface area contributed by atoms with Crippen LogP contribution in [0.15, 0.2) is 60.9 Å². The first-order chi connectivity index (χ1) is 14.0. The molecule has 29 heavy (non-hydrogen) atoms. The summed E-state index contributed by atoms with van der Waals surface area (Å²) in [6, 6.07) is 18.2. The molecule has 0 bridgehead atoms. The molecule has 1 atom stereocenters. The van der Waals surface area contributed by atoms with Crippen molar-refractivity contribution in [2.45, 2.75) is 45.8 Å². The second-order valence-electron chi connectivity index (χ2n) is 8.04. The zero-order chi connectivity index (χ0) is 20.4. The SMILES string of the molecule is Cc1cccc(NC(=O)[C@H]2c3c(ncn3C(C)C)CCN2Cc2ccccc2)c1. The molecule has 0 saturated heterocycles. The third-order valence-corrected chi connectivity index (χ3v) is 5.49. The van der Waals surface area contributed by atoms with E-state index in [9.17, 15) is 4.79 Å². The van der Waals surface area contributed by atoms with Crippen LogP contribution in [0, 0.1) is 6.92 Å². The van der Waals surface area contributed by atoms with E-state index in [2.05, 4.69) is 45.7 Å². The van der Waals surface area contributed by atoms with Gasteiger partial charge in [0.25, 0.3) is 0 Å². The number of benzene rings is 2. The topological polar surface area (TPSA) is 50.2 Å². The standard InChI is InChI=1S/C24H28N4O/c1-17(2)28-16-25-21-12-13-27(15-19-9-5-4-6-10-19)23(22(21)28)24(29)26-20-11-7-8-18(3)14-20/h4-11,14,16-17,23H,12-13,15H2,1-3H3,(H,26,29)/t23-/m1/s1. The van der Waals surface area contributed by atoms with Crippen molar-refractivity contribution in [3.05, 3.63) is 83.4 Å². The average Bonchev–Trinajstić information content (AvgIpc) is 3.13. The molecule has 0 unspecified atom stereocenters. The van der Waals surface area contributed by atoms with E-state index in [1.165, 1.54) is 5.56 Å². The fourth-order valence-electron chi connectivity index (χ4n) is 4.08. The summed E-state index contributed by atoms with van der Waals surface area (Å²) >= 11 is 0. The molecule has 0 aliphatic carbocycles. The normalized spacial score (nSPS) is 16.6. The number of rotatable bonds is 5. The van der Waals surface area contributed by atoms with Crippen molar-refractivity contribution in [3.8, 4) is 0 Å². The Hall–Kier alpha value is -2.92. The Morgan fingerprint density at radius 1 is 1.17 bits per heavy atom. The zero-order valence-electron chi connectivity index (χ0n) is 17.3. The summed E-state index contributed by atoms with van der Waals surface area (Å²) in [6.07, 6.45) is 2.74. The van der Waals surface area contributed by atoms with Crippen LogP contribution in [0.2, 0.25) is 0 Å². The number of carbonyl (C=O) groups is 1. The number of fused-ring (bicyclic) bond motifs is 1. The molecule has 5 nitrogen and oxygen atoms in total. The number of aromatic nitrogens is 2. The third kappa shape index (κ3) is 4.10. The van der Waals surface area contributed by atoms with E-state index in [1.807, 2.05) is 55.7 Å². The molecule has 0 saturated carbocycles. The second-order valence-corrected chi connectivity index (χ2v) is 8.04. The van der Waals surface area contributed by atoms with Gasteiger partial charge in [0.05, 0.1) is 17.7 Å². The molecule has 2 heterocycles. The quantitative estimate of drug-likeness (QED) is 0.700. The lowest BCUT2D eigenvalue weighted by Gasteiger charge is -2.36. The summed E-state index contributed by atoms with van der Waals surface area (Å²) < 4.78 is 2.15. The molecule has 1 amide bonds. The lowest BCUT2D eigenvalue weighted by atomic mass is 9.99. The van der Waals surface area contributed by atoms with Gasteiger partial charge < -0.3 is 9.88 Å². The Labute approximate surface area is 172 Å². The number of imidazole rings is 1. The number of hydrogen-bond donors (Lipinski definition) is 1. The van der Waals surface area contributed by atoms with Gasteiger partial charge in [-0.3, -0.25) is 9.69 Å². The molecule has 0 spiro atoms. The van der Waals surface area contributed by atoms with E-state index in [0.29, 0.717) is 0 Å². The van der Waals surface area contributed by atoms with Crippen molar-refractivity contribution in [2.24, 2.45) is 0 Å². The maximum absolute atomic E-state index is 13.5. The van der Waals surface area contributed by atoms with Crippen LogP contribution in [0.4, 0.5) is 5.69 Å². The van der Waals surface area contributed by atoms with E-state index < -0.39 is 0 Å². The highest BCUT2D eigenvalue weighted by atomic mass is 16.2. The van der Waals surface area contributed by atoms with E-state index in [0.717, 1.165) is 42.1 Å². The van der Waals surface area contributed by atoms with Gasteiger partial charge in [0, 0.05) is 31.2 Å². The van der Waals surface area contributed by atoms with Crippen molar-refractivity contribution in [3.63, 3.8) is 0 Å². The van der Waals surface area contributed by atoms with Crippen LogP contribution in [0.25, 0.3) is 0 Å². The fourth-order valence-corrected chi connectivity index (χ4v) is 4.08. The van der Waals surface area contributed by atoms with Gasteiger partial charge in [-0.1, -0.05) is 42.5 Å². The predicted molar refractivity (Wildman–Crippen MR) is 116 cm³/mol. The lowest BCUT2D eigenvalue weighted by molar-refractivity contribution is -0.122. The van der Waals surface area contributed by atoms with Gasteiger partial charge in [-0.25, -0.2) is 4.98 Å². The number of amides is 1. The van der Waals surface area contributed by atoms with Crippen molar-refractivity contribution in [1.82, 2.24) is 14.5 Å². The van der Waals surface area contributed by atoms with Crippen LogP contribution in [0.1, 0.15) is 48.4 Å². The summed E-state index contributed by atoms with van der Waals surface area (Å²) in [6.45, 7) is 7.84. The van der Waals surface area contributed by atoms with Crippen molar-refractivity contribution >= 4 is 11.6 Å². The van der Waals surface area contributed by atoms with Gasteiger partial charge in [-0.05, 0) is 44.0 Å². The van der Waals surface area contributed by atoms with Crippen LogP contribution >= 0.6 is 0 Å². The van der Waals surface area contributed by atoms with E-state index in [-0.39, 0.29) is 18.0 Å². The first-order valence-electron chi connectivity index (χ1n) is 10.2. The van der Waals surface area contributed by atoms with Gasteiger partial charge in [0.15, 0.2) is 0 Å². The Morgan fingerprint density at radius 3 is 2.69 bits per heavy atom. The Balaban J connectivity index is 1.69.